The third kappa shape index (κ3) is 3.80. The first kappa shape index (κ1) is 13.5. The summed E-state index contributed by atoms with van der Waals surface area (Å²) in [6.45, 7) is 9.44. The van der Waals surface area contributed by atoms with Gasteiger partial charge in [0.05, 0.1) is 0 Å². The van der Waals surface area contributed by atoms with Crippen molar-refractivity contribution >= 4 is 15.9 Å². The molecule has 3 heteroatoms. The molecule has 0 aromatic heterocycles. The second-order valence-electron chi connectivity index (χ2n) is 4.65. The standard InChI is InChI=1S/C13H19BrO2/c1-5-15-9-16-12-7-6-10(14)8-11(12)13(2,3)4/h6-8H,5,9H2,1-4H3. The summed E-state index contributed by atoms with van der Waals surface area (Å²) in [5, 5.41) is 0. The second kappa shape index (κ2) is 5.69. The highest BCUT2D eigenvalue weighted by atomic mass is 79.9. The molecule has 90 valence electrons. The Labute approximate surface area is 106 Å². The molecule has 1 rings (SSSR count). The van der Waals surface area contributed by atoms with Crippen molar-refractivity contribution in [2.24, 2.45) is 0 Å². The predicted molar refractivity (Wildman–Crippen MR) is 70.0 cm³/mol. The smallest absolute Gasteiger partial charge is 0.189 e. The van der Waals surface area contributed by atoms with E-state index in [9.17, 15) is 0 Å². The monoisotopic (exact) mass is 286 g/mol. The first-order valence-electron chi connectivity index (χ1n) is 5.45. The molecule has 1 aromatic rings. The van der Waals surface area contributed by atoms with E-state index in [-0.39, 0.29) is 5.41 Å². The van der Waals surface area contributed by atoms with E-state index >= 15 is 0 Å². The first-order valence-corrected chi connectivity index (χ1v) is 6.25. The summed E-state index contributed by atoms with van der Waals surface area (Å²) < 4.78 is 11.9. The summed E-state index contributed by atoms with van der Waals surface area (Å²) in [7, 11) is 0. The van der Waals surface area contributed by atoms with E-state index < -0.39 is 0 Å². The van der Waals surface area contributed by atoms with Crippen LogP contribution < -0.4 is 4.74 Å². The van der Waals surface area contributed by atoms with Crippen LogP contribution in [0.3, 0.4) is 0 Å². The average molecular weight is 287 g/mol. The maximum Gasteiger partial charge on any atom is 0.189 e. The van der Waals surface area contributed by atoms with Gasteiger partial charge < -0.3 is 9.47 Å². The molecule has 0 aliphatic rings. The highest BCUT2D eigenvalue weighted by Gasteiger charge is 2.19. The minimum atomic E-state index is 0.0608. The molecule has 0 aliphatic heterocycles. The fourth-order valence-electron chi connectivity index (χ4n) is 1.40. The Balaban J connectivity index is 2.90. The molecule has 0 saturated carbocycles. The zero-order valence-corrected chi connectivity index (χ0v) is 11.9. The van der Waals surface area contributed by atoms with Crippen LogP contribution in [0.1, 0.15) is 33.3 Å². The summed E-state index contributed by atoms with van der Waals surface area (Å²) in [5.74, 6) is 0.893. The molecule has 0 unspecified atom stereocenters. The van der Waals surface area contributed by atoms with E-state index in [0.29, 0.717) is 13.4 Å². The van der Waals surface area contributed by atoms with E-state index in [1.165, 1.54) is 5.56 Å². The molecule has 16 heavy (non-hydrogen) atoms. The van der Waals surface area contributed by atoms with E-state index in [0.717, 1.165) is 10.2 Å². The zero-order chi connectivity index (χ0) is 12.2. The molecular formula is C13H19BrO2. The van der Waals surface area contributed by atoms with Gasteiger partial charge in [-0.15, -0.1) is 0 Å². The fraction of sp³-hybridized carbons (Fsp3) is 0.538. The van der Waals surface area contributed by atoms with Gasteiger partial charge in [0.2, 0.25) is 0 Å². The number of hydrogen-bond acceptors (Lipinski definition) is 2. The van der Waals surface area contributed by atoms with Gasteiger partial charge in [0.25, 0.3) is 0 Å². The van der Waals surface area contributed by atoms with Crippen molar-refractivity contribution in [2.75, 3.05) is 13.4 Å². The predicted octanol–water partition coefficient (Wildman–Crippen LogP) is 4.12. The molecule has 0 fully saturated rings. The van der Waals surface area contributed by atoms with Gasteiger partial charge in [0, 0.05) is 16.6 Å². The van der Waals surface area contributed by atoms with Gasteiger partial charge in [-0.05, 0) is 30.5 Å². The normalized spacial score (nSPS) is 11.6. The third-order valence-corrected chi connectivity index (χ3v) is 2.74. The number of benzene rings is 1. The quantitative estimate of drug-likeness (QED) is 0.612. The Hall–Kier alpha value is -0.540. The highest BCUT2D eigenvalue weighted by Crippen LogP contribution is 2.33. The molecule has 0 heterocycles. The summed E-state index contributed by atoms with van der Waals surface area (Å²) in [6, 6.07) is 6.06. The van der Waals surface area contributed by atoms with Gasteiger partial charge in [0.1, 0.15) is 5.75 Å². The first-order chi connectivity index (χ1) is 7.45. The third-order valence-electron chi connectivity index (χ3n) is 2.25. The van der Waals surface area contributed by atoms with Crippen LogP contribution >= 0.6 is 15.9 Å². The molecule has 0 N–H and O–H groups in total. The van der Waals surface area contributed by atoms with Crippen molar-refractivity contribution in [3.63, 3.8) is 0 Å². The van der Waals surface area contributed by atoms with Crippen molar-refractivity contribution < 1.29 is 9.47 Å². The molecule has 0 aliphatic carbocycles. The topological polar surface area (TPSA) is 18.5 Å². The van der Waals surface area contributed by atoms with Gasteiger partial charge in [-0.3, -0.25) is 0 Å². The SMILES string of the molecule is CCOCOc1ccc(Br)cc1C(C)(C)C. The van der Waals surface area contributed by atoms with Crippen LogP contribution in [0.5, 0.6) is 5.75 Å². The lowest BCUT2D eigenvalue weighted by Crippen LogP contribution is -2.14. The minimum absolute atomic E-state index is 0.0608. The number of ether oxygens (including phenoxy) is 2. The van der Waals surface area contributed by atoms with E-state index in [2.05, 4.69) is 42.8 Å². The van der Waals surface area contributed by atoms with Crippen molar-refractivity contribution in [3.05, 3.63) is 28.2 Å². The maximum absolute atomic E-state index is 5.62. The molecule has 0 atom stereocenters. The molecule has 0 bridgehead atoms. The highest BCUT2D eigenvalue weighted by molar-refractivity contribution is 9.10. The molecule has 0 amide bonds. The van der Waals surface area contributed by atoms with E-state index in [4.69, 9.17) is 9.47 Å². The largest absolute Gasteiger partial charge is 0.467 e. The van der Waals surface area contributed by atoms with Crippen LogP contribution in [-0.2, 0) is 10.2 Å². The van der Waals surface area contributed by atoms with Gasteiger partial charge >= 0.3 is 0 Å². The maximum atomic E-state index is 5.62. The van der Waals surface area contributed by atoms with Crippen LogP contribution in [0.15, 0.2) is 22.7 Å². The second-order valence-corrected chi connectivity index (χ2v) is 5.56. The summed E-state index contributed by atoms with van der Waals surface area (Å²) >= 11 is 3.48. The average Bonchev–Trinajstić information content (AvgIpc) is 2.19. The molecule has 0 radical (unpaired) electrons. The number of hydrogen-bond donors (Lipinski definition) is 0. The van der Waals surface area contributed by atoms with Gasteiger partial charge in [0.15, 0.2) is 6.79 Å². The van der Waals surface area contributed by atoms with Crippen LogP contribution in [0.2, 0.25) is 0 Å². The molecular weight excluding hydrogens is 268 g/mol. The number of halogens is 1. The van der Waals surface area contributed by atoms with Crippen molar-refractivity contribution in [1.29, 1.82) is 0 Å². The Kier molecular flexibility index (Phi) is 4.81. The Morgan fingerprint density at radius 3 is 2.50 bits per heavy atom. The van der Waals surface area contributed by atoms with Gasteiger partial charge in [-0.25, -0.2) is 0 Å². The summed E-state index contributed by atoms with van der Waals surface area (Å²) in [5.41, 5.74) is 1.24. The molecule has 0 spiro atoms. The van der Waals surface area contributed by atoms with Gasteiger partial charge in [-0.1, -0.05) is 36.7 Å². The van der Waals surface area contributed by atoms with Crippen molar-refractivity contribution in [3.8, 4) is 5.75 Å². The van der Waals surface area contributed by atoms with Crippen LogP contribution in [0.25, 0.3) is 0 Å². The lowest BCUT2D eigenvalue weighted by atomic mass is 9.86. The lowest BCUT2D eigenvalue weighted by Gasteiger charge is -2.23. The lowest BCUT2D eigenvalue weighted by molar-refractivity contribution is 0.0213. The summed E-state index contributed by atoms with van der Waals surface area (Å²) in [4.78, 5) is 0. The summed E-state index contributed by atoms with van der Waals surface area (Å²) in [6.07, 6.45) is 0. The number of rotatable bonds is 4. The van der Waals surface area contributed by atoms with Gasteiger partial charge in [-0.2, -0.15) is 0 Å². The molecule has 1 aromatic carbocycles. The van der Waals surface area contributed by atoms with Crippen LogP contribution in [0, 0.1) is 0 Å². The Bertz CT molecular complexity index is 342. The van der Waals surface area contributed by atoms with Crippen molar-refractivity contribution in [1.82, 2.24) is 0 Å². The minimum Gasteiger partial charge on any atom is -0.467 e. The van der Waals surface area contributed by atoms with E-state index in [1.807, 2.05) is 19.1 Å². The van der Waals surface area contributed by atoms with Crippen molar-refractivity contribution in [2.45, 2.75) is 33.1 Å². The Morgan fingerprint density at radius 1 is 1.25 bits per heavy atom. The van der Waals surface area contributed by atoms with Crippen LogP contribution in [-0.4, -0.2) is 13.4 Å². The molecule has 2 nitrogen and oxygen atoms in total. The zero-order valence-electron chi connectivity index (χ0n) is 10.3. The Morgan fingerprint density at radius 2 is 1.94 bits per heavy atom. The van der Waals surface area contributed by atoms with Crippen LogP contribution in [0.4, 0.5) is 0 Å². The fourth-order valence-corrected chi connectivity index (χ4v) is 1.76. The molecule has 0 saturated heterocycles. The van der Waals surface area contributed by atoms with E-state index in [1.54, 1.807) is 0 Å².